The summed E-state index contributed by atoms with van der Waals surface area (Å²) in [6, 6.07) is 1.84. The highest BCUT2D eigenvalue weighted by atomic mass is 16.5. The van der Waals surface area contributed by atoms with Gasteiger partial charge < -0.3 is 15.2 Å². The van der Waals surface area contributed by atoms with Crippen LogP contribution in [0.4, 0.5) is 5.82 Å². The normalized spacial score (nSPS) is 20.7. The molecule has 0 radical (unpaired) electrons. The summed E-state index contributed by atoms with van der Waals surface area (Å²) in [6.07, 6.45) is 2.29. The van der Waals surface area contributed by atoms with E-state index < -0.39 is 0 Å². The van der Waals surface area contributed by atoms with Crippen molar-refractivity contribution in [1.82, 2.24) is 10.1 Å². The molecule has 0 amide bonds. The summed E-state index contributed by atoms with van der Waals surface area (Å²) in [5.74, 6) is 1.96. The third kappa shape index (κ3) is 1.83. The molecular formula is C9H15N3O. The minimum absolute atomic E-state index is 0.494. The van der Waals surface area contributed by atoms with Crippen LogP contribution in [0.2, 0.25) is 0 Å². The van der Waals surface area contributed by atoms with Crippen molar-refractivity contribution in [1.29, 1.82) is 0 Å². The van der Waals surface area contributed by atoms with Gasteiger partial charge in [-0.15, -0.1) is 0 Å². The van der Waals surface area contributed by atoms with E-state index in [2.05, 4.69) is 17.1 Å². The minimum Gasteiger partial charge on any atom is -0.381 e. The predicted octanol–water partition coefficient (Wildman–Crippen LogP) is 1.07. The topological polar surface area (TPSA) is 55.3 Å². The third-order valence-corrected chi connectivity index (χ3v) is 2.67. The zero-order chi connectivity index (χ0) is 9.26. The Balaban J connectivity index is 2.02. The molecule has 1 aromatic rings. The van der Waals surface area contributed by atoms with E-state index in [1.807, 2.05) is 6.07 Å². The zero-order valence-corrected chi connectivity index (χ0v) is 7.86. The Morgan fingerprint density at radius 2 is 2.23 bits per heavy atom. The molecule has 13 heavy (non-hydrogen) atoms. The molecule has 2 N–H and O–H groups in total. The van der Waals surface area contributed by atoms with E-state index in [9.17, 15) is 0 Å². The van der Waals surface area contributed by atoms with Gasteiger partial charge >= 0.3 is 0 Å². The highest BCUT2D eigenvalue weighted by Gasteiger charge is 2.21. The Kier molecular flexibility index (Phi) is 2.22. The fraction of sp³-hybridized carbons (Fsp3) is 0.667. The second kappa shape index (κ2) is 3.38. The molecular weight excluding hydrogens is 166 g/mol. The molecule has 4 heteroatoms. The molecule has 1 aromatic heterocycles. The lowest BCUT2D eigenvalue weighted by molar-refractivity contribution is 0.231. The van der Waals surface area contributed by atoms with Crippen LogP contribution in [0.3, 0.4) is 0 Å². The van der Waals surface area contributed by atoms with Crippen molar-refractivity contribution in [2.45, 2.75) is 18.8 Å². The number of aromatic nitrogens is 1. The van der Waals surface area contributed by atoms with Gasteiger partial charge in [0, 0.05) is 12.0 Å². The summed E-state index contributed by atoms with van der Waals surface area (Å²) < 4.78 is 5.15. The zero-order valence-electron chi connectivity index (χ0n) is 7.86. The fourth-order valence-electron chi connectivity index (χ4n) is 1.79. The van der Waals surface area contributed by atoms with Gasteiger partial charge in [0.2, 0.25) is 0 Å². The smallest absolute Gasteiger partial charge is 0.167 e. The van der Waals surface area contributed by atoms with Crippen LogP contribution < -0.4 is 5.73 Å². The summed E-state index contributed by atoms with van der Waals surface area (Å²) in [5.41, 5.74) is 5.50. The van der Waals surface area contributed by atoms with Crippen molar-refractivity contribution < 1.29 is 4.52 Å². The Morgan fingerprint density at radius 1 is 1.54 bits per heavy atom. The van der Waals surface area contributed by atoms with Gasteiger partial charge in [-0.2, -0.15) is 0 Å². The van der Waals surface area contributed by atoms with E-state index in [0.29, 0.717) is 11.7 Å². The van der Waals surface area contributed by atoms with E-state index in [1.54, 1.807) is 0 Å². The molecule has 0 aliphatic carbocycles. The number of piperidine rings is 1. The number of nitrogens with two attached hydrogens (primary N) is 1. The van der Waals surface area contributed by atoms with Crippen LogP contribution in [0.5, 0.6) is 0 Å². The molecule has 2 rings (SSSR count). The molecule has 0 unspecified atom stereocenters. The molecule has 0 spiro atoms. The molecule has 1 aliphatic heterocycles. The minimum atomic E-state index is 0.494. The molecule has 1 aliphatic rings. The average Bonchev–Trinajstić information content (AvgIpc) is 2.53. The Morgan fingerprint density at radius 3 is 2.77 bits per heavy atom. The van der Waals surface area contributed by atoms with E-state index in [-0.39, 0.29) is 0 Å². The SMILES string of the molecule is CN1CCC(c2cc(N)no2)CC1. The van der Waals surface area contributed by atoms with Crippen LogP contribution in [0.25, 0.3) is 0 Å². The number of nitrogens with zero attached hydrogens (tertiary/aromatic N) is 2. The van der Waals surface area contributed by atoms with Crippen LogP contribution in [0, 0.1) is 0 Å². The first-order chi connectivity index (χ1) is 6.25. The van der Waals surface area contributed by atoms with Gasteiger partial charge in [-0.3, -0.25) is 0 Å². The van der Waals surface area contributed by atoms with Gasteiger partial charge in [0.05, 0.1) is 0 Å². The number of hydrogen-bond donors (Lipinski definition) is 1. The van der Waals surface area contributed by atoms with E-state index >= 15 is 0 Å². The first kappa shape index (κ1) is 8.56. The quantitative estimate of drug-likeness (QED) is 0.704. The van der Waals surface area contributed by atoms with Crippen LogP contribution >= 0.6 is 0 Å². The van der Waals surface area contributed by atoms with Gasteiger partial charge in [-0.25, -0.2) is 0 Å². The number of nitrogen functional groups attached to an aromatic ring is 1. The molecule has 0 atom stereocenters. The van der Waals surface area contributed by atoms with Crippen molar-refractivity contribution >= 4 is 5.82 Å². The summed E-state index contributed by atoms with van der Waals surface area (Å²) in [6.45, 7) is 2.26. The van der Waals surface area contributed by atoms with Crippen LogP contribution in [0.1, 0.15) is 24.5 Å². The summed E-state index contributed by atoms with van der Waals surface area (Å²) in [7, 11) is 2.14. The Bertz CT molecular complexity index is 276. The summed E-state index contributed by atoms with van der Waals surface area (Å²) in [5, 5.41) is 3.70. The maximum Gasteiger partial charge on any atom is 0.167 e. The van der Waals surface area contributed by atoms with Crippen molar-refractivity contribution in [3.8, 4) is 0 Å². The highest BCUT2D eigenvalue weighted by Crippen LogP contribution is 2.28. The lowest BCUT2D eigenvalue weighted by Crippen LogP contribution is -2.29. The van der Waals surface area contributed by atoms with Gasteiger partial charge in [-0.1, -0.05) is 5.16 Å². The van der Waals surface area contributed by atoms with E-state index in [4.69, 9.17) is 10.3 Å². The van der Waals surface area contributed by atoms with Crippen LogP contribution in [0.15, 0.2) is 10.6 Å². The van der Waals surface area contributed by atoms with Gasteiger partial charge in [0.25, 0.3) is 0 Å². The Labute approximate surface area is 77.7 Å². The molecule has 72 valence electrons. The first-order valence-electron chi connectivity index (χ1n) is 4.66. The molecule has 0 saturated carbocycles. The lowest BCUT2D eigenvalue weighted by atomic mass is 9.95. The molecule has 4 nitrogen and oxygen atoms in total. The molecule has 1 fully saturated rings. The van der Waals surface area contributed by atoms with Crippen molar-refractivity contribution in [3.63, 3.8) is 0 Å². The van der Waals surface area contributed by atoms with Crippen molar-refractivity contribution in [2.75, 3.05) is 25.9 Å². The van der Waals surface area contributed by atoms with Crippen molar-refractivity contribution in [3.05, 3.63) is 11.8 Å². The highest BCUT2D eigenvalue weighted by molar-refractivity contribution is 5.28. The molecule has 1 saturated heterocycles. The largest absolute Gasteiger partial charge is 0.381 e. The van der Waals surface area contributed by atoms with Gasteiger partial charge in [0.1, 0.15) is 5.76 Å². The third-order valence-electron chi connectivity index (χ3n) is 2.67. The van der Waals surface area contributed by atoms with Gasteiger partial charge in [-0.05, 0) is 33.0 Å². The van der Waals surface area contributed by atoms with E-state index in [1.165, 1.54) is 0 Å². The summed E-state index contributed by atoms with van der Waals surface area (Å²) in [4.78, 5) is 2.33. The monoisotopic (exact) mass is 181 g/mol. The Hall–Kier alpha value is -1.03. The fourth-order valence-corrected chi connectivity index (χ4v) is 1.79. The maximum atomic E-state index is 5.50. The first-order valence-corrected chi connectivity index (χ1v) is 4.66. The van der Waals surface area contributed by atoms with Crippen LogP contribution in [-0.4, -0.2) is 30.2 Å². The number of likely N-dealkylation sites (tertiary alicyclic amines) is 1. The number of anilines is 1. The number of hydrogen-bond acceptors (Lipinski definition) is 4. The second-order valence-electron chi connectivity index (χ2n) is 3.73. The van der Waals surface area contributed by atoms with E-state index in [0.717, 1.165) is 31.7 Å². The average molecular weight is 181 g/mol. The second-order valence-corrected chi connectivity index (χ2v) is 3.73. The van der Waals surface area contributed by atoms with Gasteiger partial charge in [0.15, 0.2) is 5.82 Å². The summed E-state index contributed by atoms with van der Waals surface area (Å²) >= 11 is 0. The molecule has 0 aromatic carbocycles. The van der Waals surface area contributed by atoms with Crippen LogP contribution in [-0.2, 0) is 0 Å². The van der Waals surface area contributed by atoms with Crippen molar-refractivity contribution in [2.24, 2.45) is 0 Å². The molecule has 2 heterocycles. The molecule has 0 bridgehead atoms. The number of rotatable bonds is 1. The lowest BCUT2D eigenvalue weighted by Gasteiger charge is -2.27. The standard InChI is InChI=1S/C9H15N3O/c1-12-4-2-7(3-5-12)8-6-9(10)11-13-8/h6-7H,2-5H2,1H3,(H2,10,11). The predicted molar refractivity (Wildman–Crippen MR) is 50.4 cm³/mol. The maximum absolute atomic E-state index is 5.50.